The number of likely N-dealkylation sites (tertiary alicyclic amines) is 1. The third-order valence-corrected chi connectivity index (χ3v) is 7.32. The van der Waals surface area contributed by atoms with E-state index >= 15 is 0 Å². The second-order valence-electron chi connectivity index (χ2n) is 7.36. The molecule has 6 nitrogen and oxygen atoms in total. The van der Waals surface area contributed by atoms with Crippen LogP contribution in [0.4, 0.5) is 0 Å². The number of nitrogens with two attached hydrogens (primary N) is 1. The molecule has 2 aliphatic heterocycles. The van der Waals surface area contributed by atoms with Gasteiger partial charge < -0.3 is 10.6 Å². The van der Waals surface area contributed by atoms with E-state index in [4.69, 9.17) is 5.73 Å². The Labute approximate surface area is 168 Å². The van der Waals surface area contributed by atoms with E-state index in [9.17, 15) is 13.2 Å². The molecule has 0 bridgehead atoms. The van der Waals surface area contributed by atoms with E-state index in [-0.39, 0.29) is 36.0 Å². The summed E-state index contributed by atoms with van der Waals surface area (Å²) >= 11 is 0. The molecule has 1 amide bonds. The third-order valence-electron chi connectivity index (χ3n) is 5.50. The topological polar surface area (TPSA) is 83.7 Å². The molecular formula is C19H30ClN3O3S. The maximum Gasteiger partial charge on any atom is 0.227 e. The largest absolute Gasteiger partial charge is 0.338 e. The summed E-state index contributed by atoms with van der Waals surface area (Å²) < 4.78 is 27.1. The predicted octanol–water partition coefficient (Wildman–Crippen LogP) is 1.99. The average molecular weight is 416 g/mol. The van der Waals surface area contributed by atoms with E-state index in [1.807, 2.05) is 35.2 Å². The van der Waals surface area contributed by atoms with E-state index in [2.05, 4.69) is 0 Å². The summed E-state index contributed by atoms with van der Waals surface area (Å²) in [6, 6.07) is 9.31. The van der Waals surface area contributed by atoms with Crippen LogP contribution in [0.15, 0.2) is 30.3 Å². The van der Waals surface area contributed by atoms with Gasteiger partial charge in [0, 0.05) is 32.2 Å². The molecule has 0 spiro atoms. The van der Waals surface area contributed by atoms with Crippen molar-refractivity contribution in [2.75, 3.05) is 26.2 Å². The SMILES string of the molecule is Cl.NCC1CCCCN1C(=O)C1CCCN(S(=O)(=O)Cc2ccccc2)C1. The van der Waals surface area contributed by atoms with Crippen LogP contribution >= 0.6 is 12.4 Å². The van der Waals surface area contributed by atoms with Gasteiger partial charge in [0.25, 0.3) is 0 Å². The molecule has 0 saturated carbocycles. The van der Waals surface area contributed by atoms with Gasteiger partial charge in [-0.2, -0.15) is 0 Å². The Hall–Kier alpha value is -1.15. The van der Waals surface area contributed by atoms with Crippen molar-refractivity contribution in [3.8, 4) is 0 Å². The van der Waals surface area contributed by atoms with Gasteiger partial charge in [0.05, 0.1) is 11.7 Å². The first-order valence-corrected chi connectivity index (χ1v) is 11.1. The number of sulfonamides is 1. The highest BCUT2D eigenvalue weighted by Crippen LogP contribution is 2.26. The molecule has 0 radical (unpaired) electrons. The number of carbonyl (C=O) groups is 1. The molecule has 2 heterocycles. The summed E-state index contributed by atoms with van der Waals surface area (Å²) in [5, 5.41) is 0. The fourth-order valence-corrected chi connectivity index (χ4v) is 5.65. The van der Waals surface area contributed by atoms with Gasteiger partial charge in [0.15, 0.2) is 0 Å². The molecule has 2 fully saturated rings. The van der Waals surface area contributed by atoms with Gasteiger partial charge in [0.1, 0.15) is 0 Å². The Bertz CT molecular complexity index is 714. The first-order chi connectivity index (χ1) is 12.5. The van der Waals surface area contributed by atoms with Gasteiger partial charge in [-0.15, -0.1) is 12.4 Å². The number of hydrogen-bond acceptors (Lipinski definition) is 4. The lowest BCUT2D eigenvalue weighted by Crippen LogP contribution is -2.53. The van der Waals surface area contributed by atoms with Crippen LogP contribution in [-0.2, 0) is 20.6 Å². The quantitative estimate of drug-likeness (QED) is 0.797. The molecule has 0 aliphatic carbocycles. The van der Waals surface area contributed by atoms with Gasteiger partial charge in [0.2, 0.25) is 15.9 Å². The van der Waals surface area contributed by atoms with Crippen LogP contribution in [0.25, 0.3) is 0 Å². The molecule has 27 heavy (non-hydrogen) atoms. The number of hydrogen-bond donors (Lipinski definition) is 1. The van der Waals surface area contributed by atoms with Crippen LogP contribution in [0.5, 0.6) is 0 Å². The zero-order chi connectivity index (χ0) is 18.6. The maximum atomic E-state index is 13.0. The molecule has 2 aliphatic rings. The average Bonchev–Trinajstić information content (AvgIpc) is 2.68. The first kappa shape index (κ1) is 22.1. The molecule has 2 atom stereocenters. The smallest absolute Gasteiger partial charge is 0.227 e. The van der Waals surface area contributed by atoms with E-state index in [0.717, 1.165) is 44.2 Å². The van der Waals surface area contributed by atoms with E-state index < -0.39 is 10.0 Å². The lowest BCUT2D eigenvalue weighted by atomic mass is 9.94. The molecule has 3 rings (SSSR count). The standard InChI is InChI=1S/C19H29N3O3S.ClH/c20-13-18-10-4-5-12-22(18)19(23)17-9-6-11-21(14-17)26(24,25)15-16-7-2-1-3-8-16;/h1-3,7-8,17-18H,4-6,9-15,20H2;1H. The van der Waals surface area contributed by atoms with Crippen LogP contribution in [0.2, 0.25) is 0 Å². The van der Waals surface area contributed by atoms with E-state index in [1.165, 1.54) is 4.31 Å². The highest BCUT2D eigenvalue weighted by molar-refractivity contribution is 7.88. The monoisotopic (exact) mass is 415 g/mol. The molecule has 2 N–H and O–H groups in total. The summed E-state index contributed by atoms with van der Waals surface area (Å²) in [5.74, 6) is -0.176. The highest BCUT2D eigenvalue weighted by atomic mass is 35.5. The summed E-state index contributed by atoms with van der Waals surface area (Å²) in [5.41, 5.74) is 6.62. The van der Waals surface area contributed by atoms with Crippen LogP contribution in [0.1, 0.15) is 37.7 Å². The van der Waals surface area contributed by atoms with Gasteiger partial charge in [-0.25, -0.2) is 12.7 Å². The summed E-state index contributed by atoms with van der Waals surface area (Å²) in [6.07, 6.45) is 4.54. The van der Waals surface area contributed by atoms with Crippen molar-refractivity contribution in [3.63, 3.8) is 0 Å². The molecular weight excluding hydrogens is 386 g/mol. The maximum absolute atomic E-state index is 13.0. The number of nitrogens with zero attached hydrogens (tertiary/aromatic N) is 2. The predicted molar refractivity (Wildman–Crippen MR) is 109 cm³/mol. The van der Waals surface area contributed by atoms with Crippen LogP contribution < -0.4 is 5.73 Å². The minimum absolute atomic E-state index is 0. The molecule has 8 heteroatoms. The van der Waals surface area contributed by atoms with E-state index in [1.54, 1.807) is 0 Å². The highest BCUT2D eigenvalue weighted by Gasteiger charge is 2.36. The number of rotatable bonds is 5. The van der Waals surface area contributed by atoms with Crippen molar-refractivity contribution in [1.29, 1.82) is 0 Å². The van der Waals surface area contributed by atoms with Crippen molar-refractivity contribution in [2.45, 2.75) is 43.9 Å². The second-order valence-corrected chi connectivity index (χ2v) is 9.32. The molecule has 1 aromatic rings. The Morgan fingerprint density at radius 2 is 1.81 bits per heavy atom. The Morgan fingerprint density at radius 3 is 2.52 bits per heavy atom. The van der Waals surface area contributed by atoms with Crippen molar-refractivity contribution >= 4 is 28.3 Å². The summed E-state index contributed by atoms with van der Waals surface area (Å²) in [7, 11) is -3.41. The van der Waals surface area contributed by atoms with Crippen molar-refractivity contribution in [1.82, 2.24) is 9.21 Å². The second kappa shape index (κ2) is 9.87. The van der Waals surface area contributed by atoms with Gasteiger partial charge in [-0.1, -0.05) is 30.3 Å². The van der Waals surface area contributed by atoms with Gasteiger partial charge in [-0.3, -0.25) is 4.79 Å². The van der Waals surface area contributed by atoms with Crippen LogP contribution in [0.3, 0.4) is 0 Å². The van der Waals surface area contributed by atoms with Crippen LogP contribution in [0, 0.1) is 5.92 Å². The Balaban J connectivity index is 0.00000261. The van der Waals surface area contributed by atoms with Crippen molar-refractivity contribution < 1.29 is 13.2 Å². The molecule has 2 unspecified atom stereocenters. The molecule has 2 saturated heterocycles. The van der Waals surface area contributed by atoms with Crippen LogP contribution in [-0.4, -0.2) is 55.8 Å². The normalized spacial score (nSPS) is 24.3. The molecule has 152 valence electrons. The third kappa shape index (κ3) is 5.44. The summed E-state index contributed by atoms with van der Waals surface area (Å²) in [4.78, 5) is 14.9. The van der Waals surface area contributed by atoms with Crippen molar-refractivity contribution in [3.05, 3.63) is 35.9 Å². The lowest BCUT2D eigenvalue weighted by Gasteiger charge is -2.39. The molecule has 1 aromatic carbocycles. The summed E-state index contributed by atoms with van der Waals surface area (Å²) in [6.45, 7) is 2.02. The minimum Gasteiger partial charge on any atom is -0.338 e. The number of amides is 1. The minimum atomic E-state index is -3.41. The number of halogens is 1. The van der Waals surface area contributed by atoms with Gasteiger partial charge >= 0.3 is 0 Å². The zero-order valence-corrected chi connectivity index (χ0v) is 17.3. The zero-order valence-electron chi connectivity index (χ0n) is 15.6. The van der Waals surface area contributed by atoms with E-state index in [0.29, 0.717) is 19.6 Å². The fourth-order valence-electron chi connectivity index (χ4n) is 4.04. The lowest BCUT2D eigenvalue weighted by molar-refractivity contribution is -0.140. The Kier molecular flexibility index (Phi) is 8.09. The van der Waals surface area contributed by atoms with Gasteiger partial charge in [-0.05, 0) is 37.7 Å². The Morgan fingerprint density at radius 1 is 1.07 bits per heavy atom. The number of carbonyl (C=O) groups excluding carboxylic acids is 1. The molecule has 0 aromatic heterocycles. The number of benzene rings is 1. The first-order valence-electron chi connectivity index (χ1n) is 9.53. The fraction of sp³-hybridized carbons (Fsp3) is 0.632. The number of piperidine rings is 2. The van der Waals surface area contributed by atoms with Crippen molar-refractivity contribution in [2.24, 2.45) is 11.7 Å².